The van der Waals surface area contributed by atoms with Gasteiger partial charge in [-0.25, -0.2) is 4.39 Å². The average Bonchev–Trinajstić information content (AvgIpc) is 2.41. The molecule has 0 radical (unpaired) electrons. The maximum absolute atomic E-state index is 13.9. The lowest BCUT2D eigenvalue weighted by atomic mass is 9.95. The molecule has 0 bridgehead atoms. The van der Waals surface area contributed by atoms with Crippen LogP contribution in [0.25, 0.3) is 21.9 Å². The zero-order chi connectivity index (χ0) is 12.5. The molecule has 0 aromatic heterocycles. The highest BCUT2D eigenvalue weighted by molar-refractivity contribution is 5.98. The quantitative estimate of drug-likeness (QED) is 0.560. The summed E-state index contributed by atoms with van der Waals surface area (Å²) in [5.41, 5.74) is 2.83. The van der Waals surface area contributed by atoms with E-state index in [0.717, 1.165) is 10.9 Å². The maximum atomic E-state index is 13.9. The molecular weight excluding hydrogens is 223 g/mol. The van der Waals surface area contributed by atoms with E-state index >= 15 is 0 Å². The Kier molecular flexibility index (Phi) is 2.60. The van der Waals surface area contributed by atoms with Crippen molar-refractivity contribution in [1.29, 1.82) is 0 Å². The monoisotopic (exact) mass is 236 g/mol. The Morgan fingerprint density at radius 2 is 1.33 bits per heavy atom. The molecule has 1 heteroatoms. The van der Waals surface area contributed by atoms with Crippen molar-refractivity contribution in [2.75, 3.05) is 0 Å². The van der Waals surface area contributed by atoms with Crippen LogP contribution < -0.4 is 0 Å². The summed E-state index contributed by atoms with van der Waals surface area (Å²) >= 11 is 0. The van der Waals surface area contributed by atoms with Gasteiger partial charge in [-0.3, -0.25) is 0 Å². The minimum Gasteiger partial charge on any atom is -0.206 e. The van der Waals surface area contributed by atoms with Crippen LogP contribution >= 0.6 is 0 Å². The van der Waals surface area contributed by atoms with Gasteiger partial charge in [0.1, 0.15) is 5.82 Å². The first-order valence-electron chi connectivity index (χ1n) is 6.00. The summed E-state index contributed by atoms with van der Waals surface area (Å²) in [4.78, 5) is 0. The van der Waals surface area contributed by atoms with Crippen molar-refractivity contribution in [3.8, 4) is 11.1 Å². The number of benzene rings is 3. The molecule has 3 rings (SSSR count). The van der Waals surface area contributed by atoms with Gasteiger partial charge >= 0.3 is 0 Å². The highest BCUT2D eigenvalue weighted by Crippen LogP contribution is 2.31. The van der Waals surface area contributed by atoms with Gasteiger partial charge in [0.05, 0.1) is 0 Å². The van der Waals surface area contributed by atoms with Crippen molar-refractivity contribution in [1.82, 2.24) is 0 Å². The predicted octanol–water partition coefficient (Wildman–Crippen LogP) is 4.95. The van der Waals surface area contributed by atoms with Crippen molar-refractivity contribution in [3.05, 3.63) is 72.0 Å². The Morgan fingerprint density at radius 3 is 2.11 bits per heavy atom. The van der Waals surface area contributed by atoms with Crippen LogP contribution in [0.1, 0.15) is 5.56 Å². The van der Waals surface area contributed by atoms with Crippen LogP contribution in [-0.2, 0) is 0 Å². The fraction of sp³-hybridized carbons (Fsp3) is 0.0588. The van der Waals surface area contributed by atoms with Crippen LogP contribution in [0.2, 0.25) is 0 Å². The van der Waals surface area contributed by atoms with Gasteiger partial charge in [-0.1, -0.05) is 54.6 Å². The first-order chi connectivity index (χ1) is 8.77. The minimum absolute atomic E-state index is 0.175. The number of halogens is 1. The summed E-state index contributed by atoms with van der Waals surface area (Å²) in [5, 5.41) is 2.28. The molecule has 0 aliphatic rings. The highest BCUT2D eigenvalue weighted by atomic mass is 19.1. The third-order valence-corrected chi connectivity index (χ3v) is 3.31. The third kappa shape index (κ3) is 1.68. The standard InChI is InChI=1S/C17H13F/c1-12-10-11-15(14-7-3-2-6-13(12)14)16-8-4-5-9-17(16)18/h2-11H,1H3. The van der Waals surface area contributed by atoms with Gasteiger partial charge in [0.15, 0.2) is 0 Å². The van der Waals surface area contributed by atoms with E-state index in [2.05, 4.69) is 13.0 Å². The lowest BCUT2D eigenvalue weighted by molar-refractivity contribution is 0.631. The zero-order valence-electron chi connectivity index (χ0n) is 10.2. The second kappa shape index (κ2) is 4.26. The smallest absolute Gasteiger partial charge is 0.131 e. The van der Waals surface area contributed by atoms with Crippen LogP contribution in [0.4, 0.5) is 4.39 Å². The van der Waals surface area contributed by atoms with Gasteiger partial charge in [0, 0.05) is 5.56 Å². The molecule has 3 aromatic carbocycles. The zero-order valence-corrected chi connectivity index (χ0v) is 10.2. The van der Waals surface area contributed by atoms with Crippen molar-refractivity contribution < 1.29 is 4.39 Å². The van der Waals surface area contributed by atoms with E-state index in [-0.39, 0.29) is 5.82 Å². The molecular formula is C17H13F. The number of hydrogen-bond donors (Lipinski definition) is 0. The highest BCUT2D eigenvalue weighted by Gasteiger charge is 2.08. The first-order valence-corrected chi connectivity index (χ1v) is 6.00. The summed E-state index contributed by atoms with van der Waals surface area (Å²) < 4.78 is 13.9. The van der Waals surface area contributed by atoms with Gasteiger partial charge in [-0.15, -0.1) is 0 Å². The van der Waals surface area contributed by atoms with Crippen molar-refractivity contribution >= 4 is 10.8 Å². The van der Waals surface area contributed by atoms with Crippen LogP contribution in [-0.4, -0.2) is 0 Å². The number of aryl methyl sites for hydroxylation is 1. The largest absolute Gasteiger partial charge is 0.206 e. The molecule has 0 aliphatic heterocycles. The molecule has 0 amide bonds. The van der Waals surface area contributed by atoms with E-state index in [1.54, 1.807) is 6.07 Å². The van der Waals surface area contributed by atoms with Crippen molar-refractivity contribution in [2.24, 2.45) is 0 Å². The van der Waals surface area contributed by atoms with E-state index < -0.39 is 0 Å². The number of hydrogen-bond acceptors (Lipinski definition) is 0. The summed E-state index contributed by atoms with van der Waals surface area (Å²) in [6.07, 6.45) is 0. The van der Waals surface area contributed by atoms with Gasteiger partial charge in [-0.2, -0.15) is 0 Å². The second-order valence-corrected chi connectivity index (χ2v) is 4.46. The van der Waals surface area contributed by atoms with E-state index in [0.29, 0.717) is 5.56 Å². The molecule has 0 N–H and O–H groups in total. The van der Waals surface area contributed by atoms with Crippen LogP contribution in [0.5, 0.6) is 0 Å². The lowest BCUT2D eigenvalue weighted by Crippen LogP contribution is -1.87. The summed E-state index contributed by atoms with van der Waals surface area (Å²) in [6, 6.07) is 19.1. The van der Waals surface area contributed by atoms with Gasteiger partial charge < -0.3 is 0 Å². The molecule has 0 saturated heterocycles. The normalized spacial score (nSPS) is 10.8. The van der Waals surface area contributed by atoms with Crippen LogP contribution in [0, 0.1) is 12.7 Å². The molecule has 0 aliphatic carbocycles. The first kappa shape index (κ1) is 11.0. The molecule has 0 saturated carbocycles. The lowest BCUT2D eigenvalue weighted by Gasteiger charge is -2.09. The van der Waals surface area contributed by atoms with Crippen LogP contribution in [0.15, 0.2) is 60.7 Å². The SMILES string of the molecule is Cc1ccc(-c2ccccc2F)c2ccccc12. The Hall–Kier alpha value is -2.15. The maximum Gasteiger partial charge on any atom is 0.131 e. The van der Waals surface area contributed by atoms with Crippen LogP contribution in [0.3, 0.4) is 0 Å². The van der Waals surface area contributed by atoms with E-state index in [1.807, 2.05) is 42.5 Å². The Morgan fingerprint density at radius 1 is 0.667 bits per heavy atom. The predicted molar refractivity (Wildman–Crippen MR) is 74.1 cm³/mol. The fourth-order valence-electron chi connectivity index (χ4n) is 2.36. The Bertz CT molecular complexity index is 714. The third-order valence-electron chi connectivity index (χ3n) is 3.31. The van der Waals surface area contributed by atoms with E-state index in [9.17, 15) is 4.39 Å². The Labute approximate surface area is 106 Å². The van der Waals surface area contributed by atoms with Crippen molar-refractivity contribution in [2.45, 2.75) is 6.92 Å². The molecule has 0 atom stereocenters. The Balaban J connectivity index is 2.38. The minimum atomic E-state index is -0.175. The topological polar surface area (TPSA) is 0 Å². The molecule has 88 valence electrons. The van der Waals surface area contributed by atoms with E-state index in [4.69, 9.17) is 0 Å². The summed E-state index contributed by atoms with van der Waals surface area (Å²) in [6.45, 7) is 2.08. The fourth-order valence-corrected chi connectivity index (χ4v) is 2.36. The van der Waals surface area contributed by atoms with Gasteiger partial charge in [0.2, 0.25) is 0 Å². The van der Waals surface area contributed by atoms with Gasteiger partial charge in [-0.05, 0) is 34.9 Å². The number of rotatable bonds is 1. The molecule has 0 heterocycles. The number of fused-ring (bicyclic) bond motifs is 1. The average molecular weight is 236 g/mol. The second-order valence-electron chi connectivity index (χ2n) is 4.46. The molecule has 0 spiro atoms. The molecule has 0 fully saturated rings. The molecule has 0 unspecified atom stereocenters. The summed E-state index contributed by atoms with van der Waals surface area (Å²) in [7, 11) is 0. The molecule has 18 heavy (non-hydrogen) atoms. The summed E-state index contributed by atoms with van der Waals surface area (Å²) in [5.74, 6) is -0.175. The van der Waals surface area contributed by atoms with Gasteiger partial charge in [0.25, 0.3) is 0 Å². The van der Waals surface area contributed by atoms with E-state index in [1.165, 1.54) is 17.0 Å². The van der Waals surface area contributed by atoms with Crippen molar-refractivity contribution in [3.63, 3.8) is 0 Å². The molecule has 0 nitrogen and oxygen atoms in total. The molecule has 3 aromatic rings.